The van der Waals surface area contributed by atoms with E-state index in [0.717, 1.165) is 13.1 Å². The number of nitrogens with one attached hydrogen (secondary N) is 1. The molecule has 1 aliphatic heterocycles. The van der Waals surface area contributed by atoms with Gasteiger partial charge in [0.25, 0.3) is 10.0 Å². The molecule has 0 aliphatic carbocycles. The second-order valence-corrected chi connectivity index (χ2v) is 6.65. The third-order valence-electron chi connectivity index (χ3n) is 3.54. The molecule has 0 saturated carbocycles. The fraction of sp³-hybridized carbons (Fsp3) is 0.571. The lowest BCUT2D eigenvalue weighted by atomic mass is 10.3. The van der Waals surface area contributed by atoms with E-state index in [-0.39, 0.29) is 4.90 Å². The van der Waals surface area contributed by atoms with Crippen LogP contribution in [0.3, 0.4) is 0 Å². The largest absolute Gasteiger partial charge is 0.493 e. The number of rotatable bonds is 8. The molecule has 1 heterocycles. The molecule has 0 spiro atoms. The monoisotopic (exact) mass is 330 g/mol. The lowest BCUT2D eigenvalue weighted by Crippen LogP contribution is -2.30. The average molecular weight is 330 g/mol. The number of hydrogen-bond donors (Lipinski definition) is 1. The molecule has 1 aromatic carbocycles. The summed E-state index contributed by atoms with van der Waals surface area (Å²) in [5.41, 5.74) is 0. The van der Waals surface area contributed by atoms with Gasteiger partial charge in [-0.1, -0.05) is 4.89 Å². The maximum Gasteiger partial charge on any atom is 0.262 e. The molecule has 1 aromatic rings. The van der Waals surface area contributed by atoms with Crippen LogP contribution in [0.4, 0.5) is 0 Å². The van der Waals surface area contributed by atoms with E-state index < -0.39 is 10.0 Å². The third kappa shape index (κ3) is 4.33. The van der Waals surface area contributed by atoms with Crippen molar-refractivity contribution in [2.75, 3.05) is 40.5 Å². The van der Waals surface area contributed by atoms with Gasteiger partial charge in [0.2, 0.25) is 0 Å². The molecule has 0 radical (unpaired) electrons. The van der Waals surface area contributed by atoms with E-state index in [1.807, 2.05) is 0 Å². The highest BCUT2D eigenvalue weighted by Crippen LogP contribution is 2.29. The topological polar surface area (TPSA) is 77.1 Å². The molecule has 0 bridgehead atoms. The molecule has 124 valence electrons. The van der Waals surface area contributed by atoms with Crippen molar-refractivity contribution in [3.8, 4) is 11.5 Å². The lowest BCUT2D eigenvalue weighted by Gasteiger charge is -2.14. The van der Waals surface area contributed by atoms with Crippen molar-refractivity contribution in [2.45, 2.75) is 17.7 Å². The molecule has 8 heteroatoms. The molecule has 0 amide bonds. The molecule has 0 unspecified atom stereocenters. The van der Waals surface area contributed by atoms with Crippen LogP contribution in [-0.2, 0) is 14.9 Å². The normalized spacial score (nSPS) is 15.9. The van der Waals surface area contributed by atoms with E-state index in [1.165, 1.54) is 45.3 Å². The Morgan fingerprint density at radius 1 is 1.14 bits per heavy atom. The molecule has 1 aliphatic rings. The minimum atomic E-state index is -3.74. The molecule has 1 saturated heterocycles. The van der Waals surface area contributed by atoms with Crippen LogP contribution in [0.2, 0.25) is 0 Å². The Labute approximate surface area is 131 Å². The Kier molecular flexibility index (Phi) is 6.01. The first kappa shape index (κ1) is 17.0. The second-order valence-electron chi connectivity index (χ2n) is 5.00. The number of hydrogen-bond acceptors (Lipinski definition) is 6. The Hall–Kier alpha value is -1.35. The van der Waals surface area contributed by atoms with Crippen molar-refractivity contribution < 1.29 is 22.7 Å². The van der Waals surface area contributed by atoms with E-state index in [2.05, 4.69) is 9.79 Å². The molecule has 0 aromatic heterocycles. The average Bonchev–Trinajstić information content (AvgIpc) is 3.04. The van der Waals surface area contributed by atoms with Gasteiger partial charge in [0, 0.05) is 12.6 Å². The summed E-state index contributed by atoms with van der Waals surface area (Å²) >= 11 is 0. The standard InChI is InChI=1S/C14H22N2O5S/c1-19-13-6-5-12(11-14(13)20-2)22(17,18)15-21-10-9-16-7-3-4-8-16/h5-6,11,15H,3-4,7-10H2,1-2H3. The van der Waals surface area contributed by atoms with Gasteiger partial charge in [0.15, 0.2) is 11.5 Å². The maximum absolute atomic E-state index is 12.1. The van der Waals surface area contributed by atoms with Gasteiger partial charge in [0.1, 0.15) is 0 Å². The van der Waals surface area contributed by atoms with Crippen LogP contribution in [0, 0.1) is 0 Å². The smallest absolute Gasteiger partial charge is 0.262 e. The zero-order chi connectivity index (χ0) is 16.0. The maximum atomic E-state index is 12.1. The molecular weight excluding hydrogens is 308 g/mol. The van der Waals surface area contributed by atoms with Crippen LogP contribution < -0.4 is 14.4 Å². The van der Waals surface area contributed by atoms with Crippen molar-refractivity contribution in [1.29, 1.82) is 0 Å². The first-order valence-corrected chi connectivity index (χ1v) is 8.63. The molecule has 2 rings (SSSR count). The van der Waals surface area contributed by atoms with Crippen LogP contribution in [0.15, 0.2) is 23.1 Å². The van der Waals surface area contributed by atoms with Crippen LogP contribution in [0.25, 0.3) is 0 Å². The predicted molar refractivity (Wildman–Crippen MR) is 81.5 cm³/mol. The SMILES string of the molecule is COc1ccc(S(=O)(=O)NOCCN2CCCC2)cc1OC. The summed E-state index contributed by atoms with van der Waals surface area (Å²) in [6.07, 6.45) is 2.38. The molecule has 1 fully saturated rings. The Morgan fingerprint density at radius 2 is 1.82 bits per heavy atom. The quantitative estimate of drug-likeness (QED) is 0.566. The van der Waals surface area contributed by atoms with Crippen molar-refractivity contribution in [1.82, 2.24) is 9.79 Å². The summed E-state index contributed by atoms with van der Waals surface area (Å²) in [5.74, 6) is 0.818. The first-order chi connectivity index (χ1) is 10.6. The summed E-state index contributed by atoms with van der Waals surface area (Å²) in [6.45, 7) is 3.12. The van der Waals surface area contributed by atoms with Gasteiger partial charge in [-0.25, -0.2) is 8.42 Å². The minimum absolute atomic E-state index is 0.0614. The zero-order valence-electron chi connectivity index (χ0n) is 12.9. The van der Waals surface area contributed by atoms with Crippen LogP contribution in [0.5, 0.6) is 11.5 Å². The van der Waals surface area contributed by atoms with Gasteiger partial charge < -0.3 is 14.4 Å². The van der Waals surface area contributed by atoms with E-state index in [4.69, 9.17) is 14.3 Å². The highest BCUT2D eigenvalue weighted by atomic mass is 32.2. The molecule has 1 N–H and O–H groups in total. The number of sulfonamides is 1. The van der Waals surface area contributed by atoms with Crippen molar-refractivity contribution in [3.05, 3.63) is 18.2 Å². The molecule has 7 nitrogen and oxygen atoms in total. The van der Waals surface area contributed by atoms with E-state index >= 15 is 0 Å². The predicted octanol–water partition coefficient (Wildman–Crippen LogP) is 1.01. The minimum Gasteiger partial charge on any atom is -0.493 e. The first-order valence-electron chi connectivity index (χ1n) is 7.15. The van der Waals surface area contributed by atoms with E-state index in [1.54, 1.807) is 0 Å². The van der Waals surface area contributed by atoms with Gasteiger partial charge in [-0.05, 0) is 38.1 Å². The highest BCUT2D eigenvalue weighted by molar-refractivity contribution is 7.89. The summed E-state index contributed by atoms with van der Waals surface area (Å²) < 4.78 is 34.5. The Bertz CT molecular complexity index is 585. The number of ether oxygens (including phenoxy) is 2. The van der Waals surface area contributed by atoms with Crippen molar-refractivity contribution in [2.24, 2.45) is 0 Å². The van der Waals surface area contributed by atoms with Crippen molar-refractivity contribution >= 4 is 10.0 Å². The van der Waals surface area contributed by atoms with Crippen LogP contribution >= 0.6 is 0 Å². The third-order valence-corrected chi connectivity index (χ3v) is 4.75. The van der Waals surface area contributed by atoms with Gasteiger partial charge in [-0.15, -0.1) is 0 Å². The van der Waals surface area contributed by atoms with Crippen LogP contribution in [0.1, 0.15) is 12.8 Å². The number of methoxy groups -OCH3 is 2. The molecule has 0 atom stereocenters. The number of likely N-dealkylation sites (tertiary alicyclic amines) is 1. The molecular formula is C14H22N2O5S. The Balaban J connectivity index is 1.91. The second kappa shape index (κ2) is 7.77. The summed E-state index contributed by atoms with van der Waals surface area (Å²) in [6, 6.07) is 4.37. The summed E-state index contributed by atoms with van der Waals surface area (Å²) in [4.78, 5) is 9.53. The van der Waals surface area contributed by atoms with E-state index in [9.17, 15) is 8.42 Å². The van der Waals surface area contributed by atoms with Crippen molar-refractivity contribution in [3.63, 3.8) is 0 Å². The molecule has 22 heavy (non-hydrogen) atoms. The highest BCUT2D eigenvalue weighted by Gasteiger charge is 2.18. The Morgan fingerprint density at radius 3 is 2.45 bits per heavy atom. The summed E-state index contributed by atoms with van der Waals surface area (Å²) in [5, 5.41) is 0. The zero-order valence-corrected chi connectivity index (χ0v) is 13.7. The van der Waals surface area contributed by atoms with Gasteiger partial charge in [-0.2, -0.15) is 0 Å². The van der Waals surface area contributed by atoms with Crippen LogP contribution in [-0.4, -0.2) is 53.8 Å². The fourth-order valence-corrected chi connectivity index (χ4v) is 3.18. The summed E-state index contributed by atoms with van der Waals surface area (Å²) in [7, 11) is -0.795. The van der Waals surface area contributed by atoms with Gasteiger partial charge >= 0.3 is 0 Å². The van der Waals surface area contributed by atoms with E-state index in [0.29, 0.717) is 24.7 Å². The number of nitrogens with zero attached hydrogens (tertiary/aromatic N) is 1. The number of benzene rings is 1. The van der Waals surface area contributed by atoms with Gasteiger partial charge in [0.05, 0.1) is 25.7 Å². The fourth-order valence-electron chi connectivity index (χ4n) is 2.33. The lowest BCUT2D eigenvalue weighted by molar-refractivity contribution is 0.0756. The van der Waals surface area contributed by atoms with Gasteiger partial charge in [-0.3, -0.25) is 4.84 Å².